The Morgan fingerprint density at radius 1 is 0.361 bits per heavy atom. The summed E-state index contributed by atoms with van der Waals surface area (Å²) in [6.07, 6.45) is 6.11. The maximum Gasteiger partial charge on any atom is 0.335 e. The molecule has 0 atom stereocenters. The molecule has 1 amide bonds. The predicted octanol–water partition coefficient (Wildman–Crippen LogP) is 11.6. The highest BCUT2D eigenvalue weighted by Gasteiger charge is 2.16. The van der Waals surface area contributed by atoms with Crippen molar-refractivity contribution >= 4 is 76.6 Å². The van der Waals surface area contributed by atoms with E-state index in [1.165, 1.54) is 31.2 Å². The van der Waals surface area contributed by atoms with Crippen molar-refractivity contribution in [2.75, 3.05) is 25.2 Å². The van der Waals surface area contributed by atoms with E-state index in [0.29, 0.717) is 29.2 Å². The van der Waals surface area contributed by atoms with Gasteiger partial charge in [0.2, 0.25) is 15.9 Å². The summed E-state index contributed by atoms with van der Waals surface area (Å²) in [5, 5.41) is 29.3. The summed E-state index contributed by atoms with van der Waals surface area (Å²) in [6, 6.07) is 56.3. The molecule has 432 valence electrons. The Morgan fingerprint density at radius 3 is 0.928 bits per heavy atom. The Kier molecular flexibility index (Phi) is 22.9. The normalized spacial score (nSPS) is 11.1. The predicted molar refractivity (Wildman–Crippen MR) is 323 cm³/mol. The highest BCUT2D eigenvalue weighted by atomic mass is 32.2. The van der Waals surface area contributed by atoms with E-state index in [1.807, 2.05) is 67.6 Å². The third kappa shape index (κ3) is 21.1. The fourth-order valence-corrected chi connectivity index (χ4v) is 11.4. The van der Waals surface area contributed by atoms with Crippen LogP contribution in [0, 0.1) is 0 Å². The summed E-state index contributed by atoms with van der Waals surface area (Å²) in [7, 11) is -10.6. The van der Waals surface area contributed by atoms with Crippen LogP contribution < -0.4 is 19.5 Å². The van der Waals surface area contributed by atoms with Crippen LogP contribution in [-0.4, -0.2) is 70.1 Å². The van der Waals surface area contributed by atoms with Crippen LogP contribution in [0.25, 0.3) is 0 Å². The summed E-state index contributed by atoms with van der Waals surface area (Å²) >= 11 is 0. The van der Waals surface area contributed by atoms with Gasteiger partial charge in [0.15, 0.2) is 0 Å². The van der Waals surface area contributed by atoms with Gasteiger partial charge in [0.05, 0.1) is 32.2 Å². The fraction of sp³-hybridized carbons (Fsp3) is 0.175. The van der Waals surface area contributed by atoms with Gasteiger partial charge in [-0.05, 0) is 188 Å². The smallest absolute Gasteiger partial charge is 0.335 e. The van der Waals surface area contributed by atoms with Crippen LogP contribution in [0.5, 0.6) is 0 Å². The summed E-state index contributed by atoms with van der Waals surface area (Å²) in [5.41, 5.74) is 9.19. The summed E-state index contributed by atoms with van der Waals surface area (Å²) in [4.78, 5) is 44.0. The van der Waals surface area contributed by atoms with Gasteiger partial charge in [0.1, 0.15) is 0 Å². The van der Waals surface area contributed by atoms with Gasteiger partial charge in [-0.25, -0.2) is 39.6 Å². The number of aromatic carboxylic acids is 3. The molecule has 0 bridgehead atoms. The van der Waals surface area contributed by atoms with Gasteiger partial charge in [-0.15, -0.1) is 0 Å². The Morgan fingerprint density at radius 2 is 0.639 bits per heavy atom. The van der Waals surface area contributed by atoms with Gasteiger partial charge in [-0.2, -0.15) is 0 Å². The van der Waals surface area contributed by atoms with Gasteiger partial charge in [0.25, 0.3) is 20.0 Å². The SMILES string of the molecule is CC(=O)Nc1ccc(S(=O)(=O)Nc2ccc(CCc3ccc(C(=O)O)cc3)cc2)cc1.CCCCS(=O)(=O)Nc1ccc(CCc2ccc(C(=O)O)cc2)cc1.O=C(O)c1ccc(CCc2ccc(NS(=O)(=O)c3ccccc3)cc2)cc1. The molecule has 0 radical (unpaired) electrons. The number of carboxylic acids is 3. The summed E-state index contributed by atoms with van der Waals surface area (Å²) in [5.74, 6) is -2.91. The highest BCUT2D eigenvalue weighted by Crippen LogP contribution is 2.22. The fourth-order valence-electron chi connectivity index (χ4n) is 8.04. The van der Waals surface area contributed by atoms with Crippen LogP contribution in [0.3, 0.4) is 0 Å². The standard InChI is InChI=1S/C23H22N2O5S.C21H19NO4S.C19H23NO4S/c1-16(26)24-20-12-14-22(15-13-20)31(29,30)25-21-10-6-18(7-11-21)3-2-17-4-8-19(9-5-17)23(27)28;23-21(24)18-12-8-16(9-13-18)6-7-17-10-14-19(15-11-17)22-27(25,26)20-4-2-1-3-5-20;1-2-3-14-25(23,24)20-18-12-8-16(9-13-18)5-4-15-6-10-17(11-7-15)19(21)22/h4-15,25H,2-3H2,1H3,(H,24,26)(H,27,28);1-5,8-15,22H,6-7H2,(H,23,24);6-13,20H,2-5,14H2,1H3,(H,21,22). The molecule has 8 aromatic rings. The molecule has 83 heavy (non-hydrogen) atoms. The molecular formula is C63H64N4O13S3. The third-order valence-corrected chi connectivity index (χ3v) is 16.8. The lowest BCUT2D eigenvalue weighted by atomic mass is 10.0. The first kappa shape index (κ1) is 63.1. The van der Waals surface area contributed by atoms with Crippen molar-refractivity contribution in [3.63, 3.8) is 0 Å². The van der Waals surface area contributed by atoms with Crippen LogP contribution in [0.1, 0.15) is 91.1 Å². The zero-order valence-electron chi connectivity index (χ0n) is 45.6. The Hall–Kier alpha value is -9.11. The number of benzene rings is 8. The topological polar surface area (TPSA) is 280 Å². The van der Waals surface area contributed by atoms with E-state index in [9.17, 15) is 44.4 Å². The number of unbranched alkanes of at least 4 members (excludes halogenated alkanes) is 1. The largest absolute Gasteiger partial charge is 0.478 e. The van der Waals surface area contributed by atoms with Crippen LogP contribution in [0.15, 0.2) is 210 Å². The maximum atomic E-state index is 12.6. The number of carboxylic acid groups (broad SMARTS) is 3. The van der Waals surface area contributed by atoms with Crippen molar-refractivity contribution in [3.8, 4) is 0 Å². The molecule has 0 unspecified atom stereocenters. The van der Waals surface area contributed by atoms with Crippen molar-refractivity contribution < 1.29 is 59.8 Å². The van der Waals surface area contributed by atoms with Gasteiger partial charge >= 0.3 is 17.9 Å². The van der Waals surface area contributed by atoms with Crippen molar-refractivity contribution in [2.24, 2.45) is 0 Å². The van der Waals surface area contributed by atoms with E-state index in [4.69, 9.17) is 15.3 Å². The number of carbonyl (C=O) groups is 4. The summed E-state index contributed by atoms with van der Waals surface area (Å²) in [6.45, 7) is 3.34. The lowest BCUT2D eigenvalue weighted by molar-refractivity contribution is -0.114. The van der Waals surface area contributed by atoms with Crippen LogP contribution in [0.4, 0.5) is 22.7 Å². The molecule has 20 heteroatoms. The zero-order chi connectivity index (χ0) is 60.0. The van der Waals surface area contributed by atoms with Crippen molar-refractivity contribution in [1.82, 2.24) is 0 Å². The molecule has 0 heterocycles. The minimum atomic E-state index is -3.75. The lowest BCUT2D eigenvalue weighted by Gasteiger charge is -2.10. The van der Waals surface area contributed by atoms with Gasteiger partial charge in [0, 0.05) is 29.7 Å². The van der Waals surface area contributed by atoms with E-state index < -0.39 is 48.0 Å². The van der Waals surface area contributed by atoms with E-state index in [0.717, 1.165) is 78.3 Å². The molecule has 8 rings (SSSR count). The number of nitrogens with one attached hydrogen (secondary N) is 4. The van der Waals surface area contributed by atoms with E-state index >= 15 is 0 Å². The van der Waals surface area contributed by atoms with Gasteiger partial charge < -0.3 is 20.6 Å². The molecule has 0 aromatic heterocycles. The number of hydrogen-bond donors (Lipinski definition) is 7. The number of amides is 1. The van der Waals surface area contributed by atoms with Crippen molar-refractivity contribution in [2.45, 2.75) is 75.0 Å². The first-order valence-electron chi connectivity index (χ1n) is 26.3. The quantitative estimate of drug-likeness (QED) is 0.0297. The lowest BCUT2D eigenvalue weighted by Crippen LogP contribution is -2.16. The molecule has 0 spiro atoms. The molecule has 0 aliphatic carbocycles. The Bertz CT molecular complexity index is 3770. The number of carbonyl (C=O) groups excluding carboxylic acids is 1. The molecular weight excluding hydrogens is 1120 g/mol. The molecule has 0 saturated carbocycles. The molecule has 0 aliphatic heterocycles. The second-order valence-corrected chi connectivity index (χ2v) is 24.3. The van der Waals surface area contributed by atoms with Crippen molar-refractivity contribution in [3.05, 3.63) is 250 Å². The zero-order valence-corrected chi connectivity index (χ0v) is 48.0. The Labute approximate surface area is 484 Å². The van der Waals surface area contributed by atoms with Gasteiger partial charge in [-0.3, -0.25) is 19.0 Å². The Balaban J connectivity index is 0.000000201. The molecule has 8 aromatic carbocycles. The van der Waals surface area contributed by atoms with Crippen LogP contribution in [0.2, 0.25) is 0 Å². The number of sulfonamides is 3. The minimum absolute atomic E-state index is 0.0930. The number of aryl methyl sites for hydroxylation is 6. The van der Waals surface area contributed by atoms with Crippen LogP contribution in [-0.2, 0) is 73.4 Å². The monoisotopic (exact) mass is 1180 g/mol. The maximum absolute atomic E-state index is 12.6. The van der Waals surface area contributed by atoms with Gasteiger partial charge in [-0.1, -0.05) is 104 Å². The number of hydrogen-bond acceptors (Lipinski definition) is 10. The third-order valence-electron chi connectivity index (χ3n) is 12.7. The molecule has 0 fully saturated rings. The number of rotatable bonds is 24. The average Bonchev–Trinajstić information content (AvgIpc) is 3.64. The van der Waals surface area contributed by atoms with E-state index in [2.05, 4.69) is 19.5 Å². The van der Waals surface area contributed by atoms with E-state index in [1.54, 1.807) is 115 Å². The molecule has 0 saturated heterocycles. The first-order chi connectivity index (χ1) is 39.6. The second-order valence-electron chi connectivity index (χ2n) is 19.1. The molecule has 0 aliphatic rings. The van der Waals surface area contributed by atoms with Crippen molar-refractivity contribution in [1.29, 1.82) is 0 Å². The minimum Gasteiger partial charge on any atom is -0.478 e. The number of anilines is 4. The highest BCUT2D eigenvalue weighted by molar-refractivity contribution is 7.93. The average molecular weight is 1180 g/mol. The first-order valence-corrected chi connectivity index (χ1v) is 30.9. The second kappa shape index (κ2) is 30.1. The summed E-state index contributed by atoms with van der Waals surface area (Å²) < 4.78 is 81.2. The molecule has 7 N–H and O–H groups in total. The van der Waals surface area contributed by atoms with E-state index in [-0.39, 0.29) is 38.1 Å². The van der Waals surface area contributed by atoms with Crippen LogP contribution >= 0.6 is 0 Å². The molecule has 17 nitrogen and oxygen atoms in total.